The molecule has 1 amide bonds. The molecule has 1 aromatic rings. The number of hydrogen-bond donors (Lipinski definition) is 2. The van der Waals surface area contributed by atoms with Crippen molar-refractivity contribution < 1.29 is 14.7 Å². The van der Waals surface area contributed by atoms with Gasteiger partial charge in [0, 0.05) is 6.54 Å². The Morgan fingerprint density at radius 2 is 2.06 bits per heavy atom. The maximum atomic E-state index is 11.8. The number of carbonyl (C=O) groups excluding carboxylic acids is 1. The van der Waals surface area contributed by atoms with E-state index in [0.717, 1.165) is 0 Å². The number of amides is 1. The van der Waals surface area contributed by atoms with Crippen LogP contribution in [0.4, 0.5) is 0 Å². The molecule has 1 aromatic heterocycles. The summed E-state index contributed by atoms with van der Waals surface area (Å²) in [5.41, 5.74) is 1.60. The molecule has 1 unspecified atom stereocenters. The van der Waals surface area contributed by atoms with E-state index >= 15 is 0 Å². The average molecular weight is 237 g/mol. The molecule has 1 heterocycles. The van der Waals surface area contributed by atoms with E-state index in [1.54, 1.807) is 19.9 Å². The topological polar surface area (TPSA) is 92.2 Å². The summed E-state index contributed by atoms with van der Waals surface area (Å²) < 4.78 is 0. The van der Waals surface area contributed by atoms with Gasteiger partial charge in [-0.1, -0.05) is 6.92 Å². The predicted molar refractivity (Wildman–Crippen MR) is 60.6 cm³/mol. The Labute approximate surface area is 99.1 Å². The Hall–Kier alpha value is -1.98. The van der Waals surface area contributed by atoms with Gasteiger partial charge in [0.2, 0.25) is 0 Å². The zero-order chi connectivity index (χ0) is 13.0. The Bertz CT molecular complexity index is 446. The van der Waals surface area contributed by atoms with Crippen LogP contribution in [0.25, 0.3) is 0 Å². The van der Waals surface area contributed by atoms with E-state index in [2.05, 4.69) is 15.5 Å². The fourth-order valence-electron chi connectivity index (χ4n) is 1.21. The zero-order valence-corrected chi connectivity index (χ0v) is 10.0. The summed E-state index contributed by atoms with van der Waals surface area (Å²) in [6, 6.07) is 1.63. The van der Waals surface area contributed by atoms with Crippen molar-refractivity contribution in [3.63, 3.8) is 0 Å². The molecule has 0 aliphatic heterocycles. The van der Waals surface area contributed by atoms with Crippen molar-refractivity contribution in [3.05, 3.63) is 23.0 Å². The normalized spacial score (nSPS) is 11.9. The van der Waals surface area contributed by atoms with Gasteiger partial charge >= 0.3 is 5.97 Å². The summed E-state index contributed by atoms with van der Waals surface area (Å²) in [5.74, 6) is -1.88. The molecule has 0 saturated carbocycles. The third-order valence-electron chi connectivity index (χ3n) is 2.34. The molecule has 0 bridgehead atoms. The van der Waals surface area contributed by atoms with Crippen molar-refractivity contribution in [1.29, 1.82) is 0 Å². The lowest BCUT2D eigenvalue weighted by atomic mass is 10.1. The predicted octanol–water partition coefficient (Wildman–Crippen LogP) is 0.544. The van der Waals surface area contributed by atoms with Crippen LogP contribution in [-0.4, -0.2) is 33.7 Å². The molecule has 17 heavy (non-hydrogen) atoms. The van der Waals surface area contributed by atoms with Crippen LogP contribution in [0.15, 0.2) is 6.07 Å². The first-order valence-electron chi connectivity index (χ1n) is 5.23. The summed E-state index contributed by atoms with van der Waals surface area (Å²) in [5, 5.41) is 18.9. The Morgan fingerprint density at radius 1 is 1.41 bits per heavy atom. The molecule has 6 nitrogen and oxygen atoms in total. The highest BCUT2D eigenvalue weighted by atomic mass is 16.4. The Morgan fingerprint density at radius 3 is 2.65 bits per heavy atom. The summed E-state index contributed by atoms with van der Waals surface area (Å²) >= 11 is 0. The summed E-state index contributed by atoms with van der Waals surface area (Å²) in [7, 11) is 0. The quantitative estimate of drug-likeness (QED) is 0.797. The molecule has 0 aliphatic rings. The highest BCUT2D eigenvalue weighted by Gasteiger charge is 2.15. The molecular weight excluding hydrogens is 222 g/mol. The molecule has 6 heteroatoms. The van der Waals surface area contributed by atoms with Crippen LogP contribution in [0.1, 0.15) is 28.7 Å². The number of aryl methyl sites for hydroxylation is 2. The van der Waals surface area contributed by atoms with Gasteiger partial charge in [-0.25, -0.2) is 0 Å². The van der Waals surface area contributed by atoms with Gasteiger partial charge in [0.05, 0.1) is 22.9 Å². The van der Waals surface area contributed by atoms with Gasteiger partial charge in [-0.05, 0) is 19.9 Å². The Kier molecular flexibility index (Phi) is 4.14. The van der Waals surface area contributed by atoms with E-state index < -0.39 is 11.9 Å². The lowest BCUT2D eigenvalue weighted by molar-refractivity contribution is -0.140. The van der Waals surface area contributed by atoms with Crippen LogP contribution in [0, 0.1) is 19.8 Å². The first kappa shape index (κ1) is 13.1. The third-order valence-corrected chi connectivity index (χ3v) is 2.34. The molecule has 0 saturated heterocycles. The largest absolute Gasteiger partial charge is 0.481 e. The van der Waals surface area contributed by atoms with Gasteiger partial charge in [-0.2, -0.15) is 10.2 Å². The smallest absolute Gasteiger partial charge is 0.308 e. The number of carboxylic acids is 1. The van der Waals surface area contributed by atoms with Crippen LogP contribution in [0.3, 0.4) is 0 Å². The standard InChI is InChI=1S/C11H15N3O3/c1-6(11(16)17)5-12-10(15)9-4-7(2)13-14-8(9)3/h4,6H,5H2,1-3H3,(H,12,15)(H,16,17). The number of hydrogen-bond acceptors (Lipinski definition) is 4. The zero-order valence-electron chi connectivity index (χ0n) is 10.0. The second kappa shape index (κ2) is 5.38. The molecule has 1 rings (SSSR count). The SMILES string of the molecule is Cc1cc(C(=O)NCC(C)C(=O)O)c(C)nn1. The second-order valence-electron chi connectivity index (χ2n) is 3.93. The van der Waals surface area contributed by atoms with Crippen LogP contribution < -0.4 is 5.32 Å². The van der Waals surface area contributed by atoms with E-state index in [9.17, 15) is 9.59 Å². The van der Waals surface area contributed by atoms with Gasteiger partial charge in [0.25, 0.3) is 5.91 Å². The molecule has 0 aliphatic carbocycles. The number of rotatable bonds is 4. The summed E-state index contributed by atoms with van der Waals surface area (Å²) in [6.45, 7) is 5.05. The maximum Gasteiger partial charge on any atom is 0.308 e. The fraction of sp³-hybridized carbons (Fsp3) is 0.455. The number of aliphatic carboxylic acids is 1. The van der Waals surface area contributed by atoms with Gasteiger partial charge in [-0.3, -0.25) is 9.59 Å². The summed E-state index contributed by atoms with van der Waals surface area (Å²) in [6.07, 6.45) is 0. The molecular formula is C11H15N3O3. The van der Waals surface area contributed by atoms with E-state index in [4.69, 9.17) is 5.11 Å². The minimum absolute atomic E-state index is 0.0922. The first-order chi connectivity index (χ1) is 7.91. The van der Waals surface area contributed by atoms with E-state index in [0.29, 0.717) is 17.0 Å². The van der Waals surface area contributed by atoms with Crippen LogP contribution in [0.2, 0.25) is 0 Å². The Balaban J connectivity index is 2.70. The van der Waals surface area contributed by atoms with Crippen molar-refractivity contribution >= 4 is 11.9 Å². The van der Waals surface area contributed by atoms with Gasteiger partial charge in [-0.15, -0.1) is 0 Å². The molecule has 0 fully saturated rings. The average Bonchev–Trinajstić information content (AvgIpc) is 2.28. The number of nitrogens with one attached hydrogen (secondary N) is 1. The van der Waals surface area contributed by atoms with Crippen molar-refractivity contribution in [1.82, 2.24) is 15.5 Å². The van der Waals surface area contributed by atoms with Crippen LogP contribution in [-0.2, 0) is 4.79 Å². The number of carbonyl (C=O) groups is 2. The fourth-order valence-corrected chi connectivity index (χ4v) is 1.21. The highest BCUT2D eigenvalue weighted by molar-refractivity contribution is 5.95. The molecule has 0 spiro atoms. The molecule has 92 valence electrons. The number of carboxylic acid groups (broad SMARTS) is 1. The van der Waals surface area contributed by atoms with Crippen LogP contribution in [0.5, 0.6) is 0 Å². The van der Waals surface area contributed by atoms with E-state index in [-0.39, 0.29) is 12.5 Å². The van der Waals surface area contributed by atoms with Crippen LogP contribution >= 0.6 is 0 Å². The van der Waals surface area contributed by atoms with Gasteiger partial charge in [0.15, 0.2) is 0 Å². The molecule has 0 aromatic carbocycles. The molecule has 0 radical (unpaired) electrons. The van der Waals surface area contributed by atoms with Crippen molar-refractivity contribution in [2.24, 2.45) is 5.92 Å². The van der Waals surface area contributed by atoms with E-state index in [1.807, 2.05) is 0 Å². The van der Waals surface area contributed by atoms with Crippen molar-refractivity contribution in [2.75, 3.05) is 6.54 Å². The minimum Gasteiger partial charge on any atom is -0.481 e. The molecule has 2 N–H and O–H groups in total. The molecule has 1 atom stereocenters. The monoisotopic (exact) mass is 237 g/mol. The highest BCUT2D eigenvalue weighted by Crippen LogP contribution is 2.05. The first-order valence-corrected chi connectivity index (χ1v) is 5.23. The minimum atomic E-state index is -0.939. The summed E-state index contributed by atoms with van der Waals surface area (Å²) in [4.78, 5) is 22.4. The second-order valence-corrected chi connectivity index (χ2v) is 3.93. The van der Waals surface area contributed by atoms with Gasteiger partial charge in [0.1, 0.15) is 0 Å². The maximum absolute atomic E-state index is 11.8. The van der Waals surface area contributed by atoms with Gasteiger partial charge < -0.3 is 10.4 Å². The van der Waals surface area contributed by atoms with E-state index in [1.165, 1.54) is 6.92 Å². The number of nitrogens with zero attached hydrogens (tertiary/aromatic N) is 2. The lowest BCUT2D eigenvalue weighted by Crippen LogP contribution is -2.32. The lowest BCUT2D eigenvalue weighted by Gasteiger charge is -2.09. The van der Waals surface area contributed by atoms with Crippen molar-refractivity contribution in [3.8, 4) is 0 Å². The third kappa shape index (κ3) is 3.51. The number of aromatic nitrogens is 2. The van der Waals surface area contributed by atoms with Crippen molar-refractivity contribution in [2.45, 2.75) is 20.8 Å².